The molecule has 0 aromatic carbocycles. The van der Waals surface area contributed by atoms with Crippen LogP contribution in [0.5, 0.6) is 0 Å². The summed E-state index contributed by atoms with van der Waals surface area (Å²) in [7, 11) is 0. The molecule has 1 aliphatic rings. The van der Waals surface area contributed by atoms with Crippen molar-refractivity contribution in [1.29, 1.82) is 0 Å². The molecule has 0 aliphatic carbocycles. The summed E-state index contributed by atoms with van der Waals surface area (Å²) in [6, 6.07) is 2.00. The van der Waals surface area contributed by atoms with E-state index in [9.17, 15) is 0 Å². The van der Waals surface area contributed by atoms with Crippen molar-refractivity contribution in [2.45, 2.75) is 54.4 Å². The molecular formula is C16H29N3. The standard InChI is InChI=1S/C8H13N.C7H12N2.CH4/c1-8(2,3)7-4-5-9-6-7;1-7(2,3)6-4-5-8-9-6;/h4,6H,5H2,1-3H3;4-5H,1-3H3,(H,8,9);1H4. The van der Waals surface area contributed by atoms with Crippen molar-refractivity contribution >= 4 is 6.21 Å². The smallest absolute Gasteiger partial charge is 0.0576 e. The molecule has 1 N–H and O–H groups in total. The van der Waals surface area contributed by atoms with Crippen LogP contribution < -0.4 is 0 Å². The molecule has 2 rings (SSSR count). The molecule has 0 unspecified atom stereocenters. The first kappa shape index (κ1) is 17.6. The van der Waals surface area contributed by atoms with Crippen LogP contribution >= 0.6 is 0 Å². The number of rotatable bonds is 0. The zero-order chi connectivity index (χ0) is 13.8. The minimum absolute atomic E-state index is 0. The average molecular weight is 263 g/mol. The van der Waals surface area contributed by atoms with Crippen LogP contribution in [0.25, 0.3) is 0 Å². The highest BCUT2D eigenvalue weighted by molar-refractivity contribution is 5.82. The second-order valence-corrected chi connectivity index (χ2v) is 6.62. The first-order valence-corrected chi connectivity index (χ1v) is 6.41. The Morgan fingerprint density at radius 1 is 1.05 bits per heavy atom. The lowest BCUT2D eigenvalue weighted by molar-refractivity contribution is 0.527. The highest BCUT2D eigenvalue weighted by Crippen LogP contribution is 2.24. The van der Waals surface area contributed by atoms with Crippen LogP contribution in [0.4, 0.5) is 0 Å². The van der Waals surface area contributed by atoms with Crippen molar-refractivity contribution in [3.05, 3.63) is 29.6 Å². The van der Waals surface area contributed by atoms with Gasteiger partial charge in [0, 0.05) is 23.5 Å². The zero-order valence-electron chi connectivity index (χ0n) is 12.4. The van der Waals surface area contributed by atoms with E-state index in [0.29, 0.717) is 5.41 Å². The molecule has 108 valence electrons. The molecule has 3 heteroatoms. The number of H-pyrrole nitrogens is 1. The Hall–Kier alpha value is -1.38. The molecule has 1 aromatic heterocycles. The second-order valence-electron chi connectivity index (χ2n) is 6.62. The Morgan fingerprint density at radius 3 is 1.89 bits per heavy atom. The minimum Gasteiger partial charge on any atom is -0.289 e. The normalized spacial score (nSPS) is 14.3. The number of aromatic amines is 1. The molecule has 3 nitrogen and oxygen atoms in total. The summed E-state index contributed by atoms with van der Waals surface area (Å²) in [4.78, 5) is 4.11. The third-order valence-electron chi connectivity index (χ3n) is 2.82. The number of allylic oxidation sites excluding steroid dienone is 1. The molecule has 0 radical (unpaired) electrons. The van der Waals surface area contributed by atoms with Crippen LogP contribution in [0.3, 0.4) is 0 Å². The maximum Gasteiger partial charge on any atom is 0.0576 e. The van der Waals surface area contributed by atoms with Gasteiger partial charge < -0.3 is 0 Å². The molecule has 0 amide bonds. The molecule has 2 heterocycles. The summed E-state index contributed by atoms with van der Waals surface area (Å²) in [6.45, 7) is 14.0. The van der Waals surface area contributed by atoms with E-state index in [4.69, 9.17) is 0 Å². The Bertz CT molecular complexity index is 412. The number of nitrogens with one attached hydrogen (secondary N) is 1. The highest BCUT2D eigenvalue weighted by Gasteiger charge is 2.16. The van der Waals surface area contributed by atoms with E-state index in [1.165, 1.54) is 11.3 Å². The van der Waals surface area contributed by atoms with Gasteiger partial charge in [0.05, 0.1) is 6.54 Å². The van der Waals surface area contributed by atoms with Gasteiger partial charge in [-0.2, -0.15) is 5.10 Å². The summed E-state index contributed by atoms with van der Waals surface area (Å²) < 4.78 is 0. The van der Waals surface area contributed by atoms with Crippen LogP contribution in [-0.2, 0) is 5.41 Å². The summed E-state index contributed by atoms with van der Waals surface area (Å²) in [5.41, 5.74) is 3.04. The topological polar surface area (TPSA) is 41.0 Å². The van der Waals surface area contributed by atoms with Gasteiger partial charge in [-0.3, -0.25) is 10.1 Å². The highest BCUT2D eigenvalue weighted by atomic mass is 15.1. The third-order valence-corrected chi connectivity index (χ3v) is 2.82. The Labute approximate surface area is 118 Å². The van der Waals surface area contributed by atoms with Crippen LogP contribution in [0.15, 0.2) is 28.9 Å². The Morgan fingerprint density at radius 2 is 1.68 bits per heavy atom. The molecule has 0 spiro atoms. The van der Waals surface area contributed by atoms with E-state index in [1.54, 1.807) is 6.20 Å². The number of hydrogen-bond acceptors (Lipinski definition) is 2. The Kier molecular flexibility index (Phi) is 6.20. The minimum atomic E-state index is 0. The fraction of sp³-hybridized carbons (Fsp3) is 0.625. The number of aliphatic imine (C=N–C) groups is 1. The van der Waals surface area contributed by atoms with Crippen LogP contribution in [-0.4, -0.2) is 23.0 Å². The van der Waals surface area contributed by atoms with Crippen molar-refractivity contribution in [1.82, 2.24) is 10.2 Å². The fourth-order valence-corrected chi connectivity index (χ4v) is 1.53. The van der Waals surface area contributed by atoms with Gasteiger partial charge in [0.25, 0.3) is 0 Å². The van der Waals surface area contributed by atoms with Gasteiger partial charge in [-0.05, 0) is 17.1 Å². The van der Waals surface area contributed by atoms with Crippen molar-refractivity contribution < 1.29 is 0 Å². The first-order chi connectivity index (χ1) is 8.21. The van der Waals surface area contributed by atoms with E-state index in [2.05, 4.69) is 62.8 Å². The van der Waals surface area contributed by atoms with E-state index in [0.717, 1.165) is 6.54 Å². The number of nitrogens with zero attached hydrogens (tertiary/aromatic N) is 2. The van der Waals surface area contributed by atoms with Crippen molar-refractivity contribution in [3.8, 4) is 0 Å². The molecule has 1 aromatic rings. The third kappa shape index (κ3) is 5.86. The average Bonchev–Trinajstić information content (AvgIpc) is 2.91. The fourth-order valence-electron chi connectivity index (χ4n) is 1.53. The molecular weight excluding hydrogens is 234 g/mol. The van der Waals surface area contributed by atoms with Crippen LogP contribution in [0, 0.1) is 5.41 Å². The largest absolute Gasteiger partial charge is 0.289 e. The maximum absolute atomic E-state index is 4.11. The summed E-state index contributed by atoms with van der Waals surface area (Å²) in [6.07, 6.45) is 5.93. The van der Waals surface area contributed by atoms with Gasteiger partial charge in [0.1, 0.15) is 0 Å². The van der Waals surface area contributed by atoms with Gasteiger partial charge >= 0.3 is 0 Å². The predicted molar refractivity (Wildman–Crippen MR) is 84.9 cm³/mol. The van der Waals surface area contributed by atoms with Gasteiger partial charge in [-0.15, -0.1) is 0 Å². The molecule has 1 aliphatic heterocycles. The van der Waals surface area contributed by atoms with Crippen molar-refractivity contribution in [2.24, 2.45) is 10.4 Å². The van der Waals surface area contributed by atoms with E-state index in [-0.39, 0.29) is 12.8 Å². The van der Waals surface area contributed by atoms with E-state index >= 15 is 0 Å². The van der Waals surface area contributed by atoms with Crippen LogP contribution in [0.1, 0.15) is 54.7 Å². The zero-order valence-corrected chi connectivity index (χ0v) is 12.4. The molecule has 0 saturated heterocycles. The number of aromatic nitrogens is 2. The van der Waals surface area contributed by atoms with Crippen molar-refractivity contribution in [2.75, 3.05) is 6.54 Å². The predicted octanol–water partition coefficient (Wildman–Crippen LogP) is 4.39. The number of hydrogen-bond donors (Lipinski definition) is 1. The Balaban J connectivity index is 0.000000324. The molecule has 0 atom stereocenters. The van der Waals surface area contributed by atoms with E-state index in [1.807, 2.05) is 12.3 Å². The lowest BCUT2D eigenvalue weighted by Crippen LogP contribution is -2.11. The molecule has 19 heavy (non-hydrogen) atoms. The maximum atomic E-state index is 4.11. The van der Waals surface area contributed by atoms with Gasteiger partial charge in [-0.1, -0.05) is 55.0 Å². The van der Waals surface area contributed by atoms with Crippen molar-refractivity contribution in [3.63, 3.8) is 0 Å². The van der Waals surface area contributed by atoms with Gasteiger partial charge in [-0.25, -0.2) is 0 Å². The van der Waals surface area contributed by atoms with Gasteiger partial charge in [0.2, 0.25) is 0 Å². The quantitative estimate of drug-likeness (QED) is 0.741. The second kappa shape index (κ2) is 6.69. The van der Waals surface area contributed by atoms with Gasteiger partial charge in [0.15, 0.2) is 0 Å². The molecule has 0 fully saturated rings. The lowest BCUT2D eigenvalue weighted by atomic mass is 9.88. The first-order valence-electron chi connectivity index (χ1n) is 6.41. The molecule has 0 saturated carbocycles. The molecule has 0 bridgehead atoms. The monoisotopic (exact) mass is 263 g/mol. The summed E-state index contributed by atoms with van der Waals surface area (Å²) >= 11 is 0. The summed E-state index contributed by atoms with van der Waals surface area (Å²) in [5, 5.41) is 6.79. The van der Waals surface area contributed by atoms with Crippen LogP contribution in [0.2, 0.25) is 0 Å². The SMILES string of the molecule is C.CC(C)(C)C1=CCN=C1.CC(C)(C)c1ccn[nH]1. The van der Waals surface area contributed by atoms with E-state index < -0.39 is 0 Å². The summed E-state index contributed by atoms with van der Waals surface area (Å²) in [5.74, 6) is 0. The lowest BCUT2D eigenvalue weighted by Gasteiger charge is -2.16.